The molecule has 0 amide bonds. The van der Waals surface area contributed by atoms with Gasteiger partial charge in [-0.25, -0.2) is 0 Å². The molecule has 0 aromatic heterocycles. The summed E-state index contributed by atoms with van der Waals surface area (Å²) in [6.07, 6.45) is 1.23. The fourth-order valence-electron chi connectivity index (χ4n) is 1.93. The van der Waals surface area contributed by atoms with Crippen LogP contribution in [0.2, 0.25) is 0 Å². The van der Waals surface area contributed by atoms with Crippen LogP contribution in [0.3, 0.4) is 0 Å². The summed E-state index contributed by atoms with van der Waals surface area (Å²) in [4.78, 5) is 0. The van der Waals surface area contributed by atoms with Crippen LogP contribution >= 0.6 is 0 Å². The highest BCUT2D eigenvalue weighted by molar-refractivity contribution is 5.35. The van der Waals surface area contributed by atoms with Crippen molar-refractivity contribution in [2.24, 2.45) is 0 Å². The molecule has 19 heavy (non-hydrogen) atoms. The van der Waals surface area contributed by atoms with E-state index in [-0.39, 0.29) is 11.6 Å². The van der Waals surface area contributed by atoms with Gasteiger partial charge in [0.25, 0.3) is 0 Å². The Labute approximate surface area is 118 Å². The van der Waals surface area contributed by atoms with Gasteiger partial charge in [-0.1, -0.05) is 39.0 Å². The van der Waals surface area contributed by atoms with E-state index in [9.17, 15) is 0 Å². The predicted molar refractivity (Wildman–Crippen MR) is 83.0 cm³/mol. The lowest BCUT2D eigenvalue weighted by molar-refractivity contribution is 0.179. The number of ether oxygens (including phenoxy) is 1. The molecule has 108 valence electrons. The number of hydrogen-bond donors (Lipinski definition) is 1. The van der Waals surface area contributed by atoms with Crippen LogP contribution in [-0.4, -0.2) is 18.2 Å². The van der Waals surface area contributed by atoms with Crippen molar-refractivity contribution in [3.05, 3.63) is 29.8 Å². The second kappa shape index (κ2) is 6.95. The largest absolute Gasteiger partial charge is 0.489 e. The predicted octanol–water partition coefficient (Wildman–Crippen LogP) is 4.36. The molecule has 1 unspecified atom stereocenters. The van der Waals surface area contributed by atoms with Gasteiger partial charge in [-0.15, -0.1) is 0 Å². The third-order valence-electron chi connectivity index (χ3n) is 3.15. The number of rotatable bonds is 6. The Morgan fingerprint density at radius 2 is 1.79 bits per heavy atom. The van der Waals surface area contributed by atoms with Crippen LogP contribution in [0.5, 0.6) is 5.75 Å². The van der Waals surface area contributed by atoms with Gasteiger partial charge in [0.05, 0.1) is 0 Å². The summed E-state index contributed by atoms with van der Waals surface area (Å²) in [5, 5.41) is 3.52. The van der Waals surface area contributed by atoms with E-state index < -0.39 is 0 Å². The first-order valence-electron chi connectivity index (χ1n) is 7.34. The second-order valence-electron chi connectivity index (χ2n) is 6.47. The number of benzene rings is 1. The van der Waals surface area contributed by atoms with E-state index in [1.54, 1.807) is 0 Å². The smallest absolute Gasteiger partial charge is 0.123 e. The number of hydrogen-bond acceptors (Lipinski definition) is 2. The van der Waals surface area contributed by atoms with Crippen LogP contribution in [0.4, 0.5) is 0 Å². The van der Waals surface area contributed by atoms with Gasteiger partial charge in [0.1, 0.15) is 11.9 Å². The maximum absolute atomic E-state index is 6.19. The van der Waals surface area contributed by atoms with Crippen LogP contribution in [0.1, 0.15) is 59.4 Å². The van der Waals surface area contributed by atoms with Crippen molar-refractivity contribution >= 4 is 0 Å². The number of nitrogens with one attached hydrogen (secondary N) is 1. The van der Waals surface area contributed by atoms with E-state index >= 15 is 0 Å². The Balaban J connectivity index is 2.70. The summed E-state index contributed by atoms with van der Waals surface area (Å²) < 4.78 is 6.19. The maximum atomic E-state index is 6.19. The summed E-state index contributed by atoms with van der Waals surface area (Å²) in [5.41, 5.74) is 1.42. The summed E-state index contributed by atoms with van der Waals surface area (Å²) >= 11 is 0. The summed E-state index contributed by atoms with van der Waals surface area (Å²) in [5.74, 6) is 1.52. The van der Waals surface area contributed by atoms with Crippen molar-refractivity contribution in [3.63, 3.8) is 0 Å². The summed E-state index contributed by atoms with van der Waals surface area (Å²) in [6.45, 7) is 14.0. The molecule has 0 bridgehead atoms. The van der Waals surface area contributed by atoms with Crippen molar-refractivity contribution in [1.29, 1.82) is 0 Å². The van der Waals surface area contributed by atoms with Crippen LogP contribution in [0.25, 0.3) is 0 Å². The van der Waals surface area contributed by atoms with Gasteiger partial charge in [-0.2, -0.15) is 0 Å². The lowest BCUT2D eigenvalue weighted by Crippen LogP contribution is -2.42. The third-order valence-corrected chi connectivity index (χ3v) is 3.15. The Bertz CT molecular complexity index is 379. The molecule has 0 heterocycles. The molecule has 1 aromatic carbocycles. The molecular weight excluding hydrogens is 234 g/mol. The average Bonchev–Trinajstić information content (AvgIpc) is 2.33. The molecule has 1 aromatic rings. The Hall–Kier alpha value is -1.02. The highest BCUT2D eigenvalue weighted by atomic mass is 16.5. The van der Waals surface area contributed by atoms with Gasteiger partial charge in [-0.3, -0.25) is 0 Å². The Morgan fingerprint density at radius 3 is 2.32 bits per heavy atom. The normalized spacial score (nSPS) is 13.6. The zero-order chi connectivity index (χ0) is 14.5. The minimum Gasteiger partial charge on any atom is -0.489 e. The highest BCUT2D eigenvalue weighted by Gasteiger charge is 2.16. The van der Waals surface area contributed by atoms with Crippen LogP contribution in [0.15, 0.2) is 24.3 Å². The lowest BCUT2D eigenvalue weighted by Gasteiger charge is -2.26. The van der Waals surface area contributed by atoms with Gasteiger partial charge >= 0.3 is 0 Å². The summed E-state index contributed by atoms with van der Waals surface area (Å²) in [7, 11) is 0. The zero-order valence-corrected chi connectivity index (χ0v) is 13.3. The first-order chi connectivity index (χ1) is 8.83. The quantitative estimate of drug-likeness (QED) is 0.823. The molecule has 1 rings (SSSR count). The molecule has 0 aliphatic rings. The number of para-hydroxylation sites is 1. The molecule has 1 N–H and O–H groups in total. The SMILES string of the molecule is CCC(CNC(C)(C)C)Oc1ccccc1C(C)C. The van der Waals surface area contributed by atoms with E-state index in [4.69, 9.17) is 4.74 Å². The third kappa shape index (κ3) is 5.65. The monoisotopic (exact) mass is 263 g/mol. The zero-order valence-electron chi connectivity index (χ0n) is 13.3. The molecule has 0 saturated heterocycles. The summed E-state index contributed by atoms with van der Waals surface area (Å²) in [6, 6.07) is 8.36. The first-order valence-corrected chi connectivity index (χ1v) is 7.34. The van der Waals surface area contributed by atoms with Crippen molar-refractivity contribution in [2.75, 3.05) is 6.54 Å². The van der Waals surface area contributed by atoms with Crippen molar-refractivity contribution in [3.8, 4) is 5.75 Å². The van der Waals surface area contributed by atoms with E-state index in [0.717, 1.165) is 18.7 Å². The minimum absolute atomic E-state index is 0.133. The molecule has 0 radical (unpaired) electrons. The fraction of sp³-hybridized carbons (Fsp3) is 0.647. The van der Waals surface area contributed by atoms with Crippen molar-refractivity contribution < 1.29 is 4.74 Å². The van der Waals surface area contributed by atoms with E-state index in [1.165, 1.54) is 5.56 Å². The molecule has 0 fully saturated rings. The lowest BCUT2D eigenvalue weighted by atomic mass is 10.0. The standard InChI is InChI=1S/C17H29NO/c1-7-14(12-18-17(4,5)6)19-16-11-9-8-10-15(16)13(2)3/h8-11,13-14,18H,7,12H2,1-6H3. The molecule has 0 aliphatic carbocycles. The highest BCUT2D eigenvalue weighted by Crippen LogP contribution is 2.27. The average molecular weight is 263 g/mol. The molecule has 2 nitrogen and oxygen atoms in total. The Morgan fingerprint density at radius 1 is 1.16 bits per heavy atom. The van der Waals surface area contributed by atoms with Crippen molar-refractivity contribution in [2.45, 2.75) is 65.5 Å². The van der Waals surface area contributed by atoms with Crippen LogP contribution in [-0.2, 0) is 0 Å². The van der Waals surface area contributed by atoms with Crippen LogP contribution in [0, 0.1) is 0 Å². The van der Waals surface area contributed by atoms with E-state index in [1.807, 2.05) is 6.07 Å². The van der Waals surface area contributed by atoms with Gasteiger partial charge < -0.3 is 10.1 Å². The maximum Gasteiger partial charge on any atom is 0.123 e. The molecule has 0 saturated carbocycles. The minimum atomic E-state index is 0.133. The van der Waals surface area contributed by atoms with E-state index in [2.05, 4.69) is 65.1 Å². The molecule has 2 heteroatoms. The molecule has 1 atom stereocenters. The molecule has 0 spiro atoms. The van der Waals surface area contributed by atoms with Gasteiger partial charge in [0.15, 0.2) is 0 Å². The van der Waals surface area contributed by atoms with Gasteiger partial charge in [0.2, 0.25) is 0 Å². The van der Waals surface area contributed by atoms with Gasteiger partial charge in [-0.05, 0) is 44.7 Å². The second-order valence-corrected chi connectivity index (χ2v) is 6.47. The fourth-order valence-corrected chi connectivity index (χ4v) is 1.93. The molecular formula is C17H29NO. The van der Waals surface area contributed by atoms with Crippen molar-refractivity contribution in [1.82, 2.24) is 5.32 Å². The Kier molecular flexibility index (Phi) is 5.86. The van der Waals surface area contributed by atoms with Crippen LogP contribution < -0.4 is 10.1 Å². The topological polar surface area (TPSA) is 21.3 Å². The van der Waals surface area contributed by atoms with Gasteiger partial charge in [0, 0.05) is 12.1 Å². The van der Waals surface area contributed by atoms with E-state index in [0.29, 0.717) is 5.92 Å². The molecule has 0 aliphatic heterocycles. The first kappa shape index (κ1) is 16.0.